The quantitative estimate of drug-likeness (QED) is 0.733. The van der Waals surface area contributed by atoms with Gasteiger partial charge in [-0.25, -0.2) is 0 Å². The number of esters is 1. The second-order valence-electron chi connectivity index (χ2n) is 6.44. The standard InChI is InChI=1S/C20H30N2O3/c1-2-25-19(23)20(18-6-4-3-5-7-18)8-10-21(11-9-20)12-13-22-14-16-24-17-15-22/h3-7H,2,8-17H2,1H3/i10D2,11D2. The van der Waals surface area contributed by atoms with Gasteiger partial charge in [-0.05, 0) is 38.3 Å². The molecule has 0 atom stereocenters. The molecule has 138 valence electrons. The number of benzene rings is 1. The van der Waals surface area contributed by atoms with Crippen LogP contribution in [0.3, 0.4) is 0 Å². The summed E-state index contributed by atoms with van der Waals surface area (Å²) in [4.78, 5) is 16.4. The molecule has 0 saturated carbocycles. The van der Waals surface area contributed by atoms with Crippen molar-refractivity contribution < 1.29 is 19.8 Å². The van der Waals surface area contributed by atoms with Gasteiger partial charge in [0.2, 0.25) is 0 Å². The van der Waals surface area contributed by atoms with Crippen LogP contribution in [0.1, 0.15) is 30.8 Å². The van der Waals surface area contributed by atoms with Gasteiger partial charge >= 0.3 is 5.97 Å². The van der Waals surface area contributed by atoms with Gasteiger partial charge in [-0.15, -0.1) is 0 Å². The first kappa shape index (κ1) is 13.7. The second kappa shape index (κ2) is 8.79. The van der Waals surface area contributed by atoms with Gasteiger partial charge in [-0.1, -0.05) is 30.3 Å². The molecule has 2 aliphatic rings. The SMILES string of the molecule is [2H]C1([2H])CC(C(=O)OCC)(c2ccccc2)CC([2H])([2H])N1CCN1CCOCC1. The number of likely N-dealkylation sites (tertiary alicyclic amines) is 1. The Bertz CT molecular complexity index is 678. The summed E-state index contributed by atoms with van der Waals surface area (Å²) in [6, 6.07) is 8.90. The highest BCUT2D eigenvalue weighted by Crippen LogP contribution is 2.36. The number of nitrogens with zero attached hydrogens (tertiary/aromatic N) is 2. The van der Waals surface area contributed by atoms with E-state index in [0.29, 0.717) is 25.3 Å². The fraction of sp³-hybridized carbons (Fsp3) is 0.650. The zero-order valence-electron chi connectivity index (χ0n) is 18.9. The number of ether oxygens (including phenoxy) is 2. The van der Waals surface area contributed by atoms with Crippen molar-refractivity contribution in [3.63, 3.8) is 0 Å². The molecular formula is C20H30N2O3. The summed E-state index contributed by atoms with van der Waals surface area (Å²) in [6.45, 7) is 1.46. The maximum atomic E-state index is 13.0. The average Bonchev–Trinajstić information content (AvgIpc) is 2.68. The summed E-state index contributed by atoms with van der Waals surface area (Å²) in [5.74, 6) is -0.563. The van der Waals surface area contributed by atoms with E-state index in [-0.39, 0.29) is 26.0 Å². The lowest BCUT2D eigenvalue weighted by Gasteiger charge is -2.41. The summed E-state index contributed by atoms with van der Waals surface area (Å²) in [5, 5.41) is 0. The summed E-state index contributed by atoms with van der Waals surface area (Å²) in [5.41, 5.74) is -0.765. The number of hydrogen-bond donors (Lipinski definition) is 0. The Morgan fingerprint density at radius 1 is 1.16 bits per heavy atom. The smallest absolute Gasteiger partial charge is 0.316 e. The zero-order chi connectivity index (χ0) is 21.1. The van der Waals surface area contributed by atoms with Crippen LogP contribution in [0.4, 0.5) is 0 Å². The normalized spacial score (nSPS) is 28.2. The fourth-order valence-corrected chi connectivity index (χ4v) is 3.30. The van der Waals surface area contributed by atoms with Crippen LogP contribution >= 0.6 is 0 Å². The number of carbonyl (C=O) groups is 1. The van der Waals surface area contributed by atoms with Gasteiger partial charge in [0.05, 0.1) is 25.2 Å². The number of piperidine rings is 1. The molecule has 25 heavy (non-hydrogen) atoms. The minimum Gasteiger partial charge on any atom is -0.465 e. The van der Waals surface area contributed by atoms with Crippen molar-refractivity contribution in [1.82, 2.24) is 9.80 Å². The van der Waals surface area contributed by atoms with Crippen LogP contribution in [0.15, 0.2) is 30.3 Å². The van der Waals surface area contributed by atoms with E-state index in [1.165, 1.54) is 4.90 Å². The molecular weight excluding hydrogens is 316 g/mol. The molecule has 2 aliphatic heterocycles. The van der Waals surface area contributed by atoms with Crippen molar-refractivity contribution in [3.8, 4) is 0 Å². The first-order valence-electron chi connectivity index (χ1n) is 11.0. The predicted octanol–water partition coefficient (Wildman–Crippen LogP) is 1.92. The molecule has 0 N–H and O–H groups in total. The summed E-state index contributed by atoms with van der Waals surface area (Å²) in [6.07, 6.45) is -0.295. The van der Waals surface area contributed by atoms with Crippen LogP contribution in [0, 0.1) is 0 Å². The number of rotatable bonds is 6. The molecule has 0 unspecified atom stereocenters. The Labute approximate surface area is 156 Å². The topological polar surface area (TPSA) is 42.0 Å². The van der Waals surface area contributed by atoms with Gasteiger partial charge in [-0.3, -0.25) is 9.69 Å². The Balaban J connectivity index is 1.88. The van der Waals surface area contributed by atoms with Gasteiger partial charge < -0.3 is 14.4 Å². The molecule has 0 bridgehead atoms. The van der Waals surface area contributed by atoms with Gasteiger partial charge in [0, 0.05) is 31.7 Å². The molecule has 0 radical (unpaired) electrons. The van der Waals surface area contributed by atoms with Crippen molar-refractivity contribution >= 4 is 5.97 Å². The molecule has 1 aromatic rings. The van der Waals surface area contributed by atoms with Crippen molar-refractivity contribution in [2.75, 3.05) is 59.0 Å². The Morgan fingerprint density at radius 3 is 2.44 bits per heavy atom. The molecule has 3 rings (SSSR count). The molecule has 5 nitrogen and oxygen atoms in total. The van der Waals surface area contributed by atoms with E-state index in [4.69, 9.17) is 15.0 Å². The largest absolute Gasteiger partial charge is 0.465 e. The highest BCUT2D eigenvalue weighted by Gasteiger charge is 2.44. The molecule has 2 fully saturated rings. The van der Waals surface area contributed by atoms with E-state index < -0.39 is 24.4 Å². The molecule has 0 spiro atoms. The minimum absolute atomic E-state index is 0.147. The molecule has 0 amide bonds. The molecule has 0 aliphatic carbocycles. The first-order valence-corrected chi connectivity index (χ1v) is 9.02. The highest BCUT2D eigenvalue weighted by atomic mass is 16.5. The second-order valence-corrected chi connectivity index (χ2v) is 6.44. The van der Waals surface area contributed by atoms with Crippen LogP contribution in [-0.4, -0.2) is 74.8 Å². The molecule has 0 aromatic heterocycles. The van der Waals surface area contributed by atoms with E-state index in [2.05, 4.69) is 4.90 Å². The Kier molecular flexibility index (Phi) is 4.83. The van der Waals surface area contributed by atoms with E-state index >= 15 is 0 Å². The maximum absolute atomic E-state index is 13.0. The summed E-state index contributed by atoms with van der Waals surface area (Å²) >= 11 is 0. The minimum atomic E-state index is -2.00. The van der Waals surface area contributed by atoms with Crippen LogP contribution in [0.25, 0.3) is 0 Å². The molecule has 5 heteroatoms. The molecule has 2 saturated heterocycles. The predicted molar refractivity (Wildman–Crippen MR) is 97.7 cm³/mol. The van der Waals surface area contributed by atoms with Gasteiger partial charge in [0.15, 0.2) is 0 Å². The summed E-state index contributed by atoms with van der Waals surface area (Å²) < 4.78 is 45.4. The first-order chi connectivity index (χ1) is 13.7. The number of hydrogen-bond acceptors (Lipinski definition) is 5. The third kappa shape index (κ3) is 4.40. The van der Waals surface area contributed by atoms with Gasteiger partial charge in [0.25, 0.3) is 0 Å². The van der Waals surface area contributed by atoms with Crippen LogP contribution in [0.2, 0.25) is 0 Å². The molecule has 1 aromatic carbocycles. The zero-order valence-corrected chi connectivity index (χ0v) is 14.9. The monoisotopic (exact) mass is 350 g/mol. The van der Waals surface area contributed by atoms with E-state index in [1.807, 2.05) is 6.07 Å². The lowest BCUT2D eigenvalue weighted by Crippen LogP contribution is -2.50. The van der Waals surface area contributed by atoms with E-state index in [0.717, 1.165) is 13.1 Å². The molecule has 2 heterocycles. The van der Waals surface area contributed by atoms with Crippen molar-refractivity contribution in [3.05, 3.63) is 35.9 Å². The maximum Gasteiger partial charge on any atom is 0.316 e. The van der Waals surface area contributed by atoms with Crippen molar-refractivity contribution in [2.24, 2.45) is 0 Å². The average molecular weight is 350 g/mol. The van der Waals surface area contributed by atoms with Gasteiger partial charge in [-0.2, -0.15) is 0 Å². The lowest BCUT2D eigenvalue weighted by molar-refractivity contribution is -0.152. The van der Waals surface area contributed by atoms with Crippen LogP contribution in [0.5, 0.6) is 0 Å². The lowest BCUT2D eigenvalue weighted by atomic mass is 9.72. The fourth-order valence-electron chi connectivity index (χ4n) is 3.30. The van der Waals surface area contributed by atoms with E-state index in [9.17, 15) is 4.79 Å². The van der Waals surface area contributed by atoms with Crippen molar-refractivity contribution in [1.29, 1.82) is 0 Å². The van der Waals surface area contributed by atoms with E-state index in [1.54, 1.807) is 31.2 Å². The Hall–Kier alpha value is -1.43. The van der Waals surface area contributed by atoms with Crippen molar-refractivity contribution in [2.45, 2.75) is 25.2 Å². The van der Waals surface area contributed by atoms with Crippen LogP contribution < -0.4 is 0 Å². The number of morpholine rings is 1. The Morgan fingerprint density at radius 2 is 1.80 bits per heavy atom. The van der Waals surface area contributed by atoms with Gasteiger partial charge in [0.1, 0.15) is 0 Å². The highest BCUT2D eigenvalue weighted by molar-refractivity contribution is 5.83. The van der Waals surface area contributed by atoms with Crippen LogP contribution in [-0.2, 0) is 19.7 Å². The third-order valence-electron chi connectivity index (χ3n) is 4.88. The third-order valence-corrected chi connectivity index (χ3v) is 4.88. The summed E-state index contributed by atoms with van der Waals surface area (Å²) in [7, 11) is 0. The number of carbonyl (C=O) groups excluding carboxylic acids is 1.